The summed E-state index contributed by atoms with van der Waals surface area (Å²) in [6.07, 6.45) is 7.41. The van der Waals surface area contributed by atoms with Gasteiger partial charge in [0.25, 0.3) is 0 Å². The number of allylic oxidation sites excluding steroid dienone is 4. The first-order valence-corrected chi connectivity index (χ1v) is 10.1. The molecule has 2 aliphatic carbocycles. The van der Waals surface area contributed by atoms with Gasteiger partial charge in [-0.05, 0) is 51.3 Å². The maximum atomic E-state index is 12.1. The minimum Gasteiger partial charge on any atom is -0.299 e. The average molecular weight is 356 g/mol. The van der Waals surface area contributed by atoms with Gasteiger partial charge in [0, 0.05) is 6.42 Å². The standard InChI is InChI=1S/C16H24O.C7H9P/c1-5-11(2)8-13-10-16(4)14(9-12(13)3)6-7-15(16)17;1-6-2-4-7(8)5-3-6/h9,11H,5-8,10H2,1-4H3;2-5H,8H2,1H3. The molecule has 25 heavy (non-hydrogen) atoms. The van der Waals surface area contributed by atoms with Gasteiger partial charge in [-0.3, -0.25) is 4.79 Å². The van der Waals surface area contributed by atoms with Crippen LogP contribution in [0, 0.1) is 18.3 Å². The third kappa shape index (κ3) is 4.91. The molecule has 0 aliphatic heterocycles. The van der Waals surface area contributed by atoms with E-state index in [4.69, 9.17) is 0 Å². The Morgan fingerprint density at radius 1 is 1.16 bits per heavy atom. The SMILES string of the molecule is CCC(C)CC1=C(C)C=C2CCC(=O)C2(C)C1.Cc1ccc(P)cc1. The molecule has 1 nitrogen and oxygen atoms in total. The molecule has 3 unspecified atom stereocenters. The van der Waals surface area contributed by atoms with Crippen molar-refractivity contribution in [1.82, 2.24) is 0 Å². The van der Waals surface area contributed by atoms with Crippen molar-refractivity contribution in [2.45, 2.75) is 66.7 Å². The van der Waals surface area contributed by atoms with Crippen LogP contribution in [0.25, 0.3) is 0 Å². The van der Waals surface area contributed by atoms with Crippen LogP contribution in [0.3, 0.4) is 0 Å². The van der Waals surface area contributed by atoms with E-state index in [2.05, 4.69) is 74.2 Å². The lowest BCUT2D eigenvalue weighted by Gasteiger charge is -2.32. The number of aryl methyl sites for hydroxylation is 1. The van der Waals surface area contributed by atoms with Gasteiger partial charge in [0.15, 0.2) is 0 Å². The molecule has 0 radical (unpaired) electrons. The fourth-order valence-electron chi connectivity index (χ4n) is 3.72. The minimum absolute atomic E-state index is 0.150. The number of benzene rings is 1. The zero-order valence-corrected chi connectivity index (χ0v) is 17.6. The molecule has 136 valence electrons. The Kier molecular flexibility index (Phi) is 6.80. The summed E-state index contributed by atoms with van der Waals surface area (Å²) in [5.74, 6) is 1.19. The van der Waals surface area contributed by atoms with Crippen LogP contribution < -0.4 is 5.30 Å². The van der Waals surface area contributed by atoms with Crippen LogP contribution in [0.2, 0.25) is 0 Å². The number of fused-ring (bicyclic) bond motifs is 1. The highest BCUT2D eigenvalue weighted by Gasteiger charge is 2.43. The molecule has 1 fully saturated rings. The summed E-state index contributed by atoms with van der Waals surface area (Å²) >= 11 is 0. The Morgan fingerprint density at radius 2 is 1.80 bits per heavy atom. The second kappa shape index (κ2) is 8.45. The molecular weight excluding hydrogens is 323 g/mol. The highest BCUT2D eigenvalue weighted by atomic mass is 31.0. The number of carbonyl (C=O) groups is 1. The maximum Gasteiger partial charge on any atom is 0.143 e. The zero-order chi connectivity index (χ0) is 18.6. The van der Waals surface area contributed by atoms with Crippen molar-refractivity contribution in [3.63, 3.8) is 0 Å². The second-order valence-corrected chi connectivity index (χ2v) is 8.68. The fraction of sp³-hybridized carbons (Fsp3) is 0.522. The largest absolute Gasteiger partial charge is 0.299 e. The van der Waals surface area contributed by atoms with E-state index in [1.807, 2.05) is 0 Å². The summed E-state index contributed by atoms with van der Waals surface area (Å²) in [5, 5.41) is 1.25. The minimum atomic E-state index is -0.150. The van der Waals surface area contributed by atoms with Crippen molar-refractivity contribution in [3.8, 4) is 0 Å². The number of carbonyl (C=O) groups excluding carboxylic acids is 1. The van der Waals surface area contributed by atoms with Crippen LogP contribution >= 0.6 is 9.24 Å². The third-order valence-electron chi connectivity index (χ3n) is 5.83. The molecule has 1 aromatic carbocycles. The van der Waals surface area contributed by atoms with E-state index in [9.17, 15) is 4.79 Å². The van der Waals surface area contributed by atoms with Crippen molar-refractivity contribution in [2.24, 2.45) is 11.3 Å². The van der Waals surface area contributed by atoms with Crippen LogP contribution in [0.5, 0.6) is 0 Å². The summed E-state index contributed by atoms with van der Waals surface area (Å²) in [6.45, 7) is 11.0. The lowest BCUT2D eigenvalue weighted by Crippen LogP contribution is -2.27. The summed E-state index contributed by atoms with van der Waals surface area (Å²) in [4.78, 5) is 12.1. The van der Waals surface area contributed by atoms with Crippen molar-refractivity contribution in [2.75, 3.05) is 0 Å². The Hall–Kier alpha value is -1.20. The molecule has 0 amide bonds. The first-order chi connectivity index (χ1) is 11.8. The van der Waals surface area contributed by atoms with E-state index in [1.165, 1.54) is 34.0 Å². The topological polar surface area (TPSA) is 17.1 Å². The highest BCUT2D eigenvalue weighted by Crippen LogP contribution is 2.49. The summed E-state index contributed by atoms with van der Waals surface area (Å²) in [6, 6.07) is 8.37. The van der Waals surface area contributed by atoms with E-state index in [-0.39, 0.29) is 5.41 Å². The molecule has 0 heterocycles. The summed E-state index contributed by atoms with van der Waals surface area (Å²) in [7, 11) is 2.65. The molecule has 0 spiro atoms. The summed E-state index contributed by atoms with van der Waals surface area (Å²) in [5.41, 5.74) is 5.49. The number of hydrogen-bond donors (Lipinski definition) is 0. The molecular formula is C23H33OP. The molecule has 0 aromatic heterocycles. The molecule has 3 atom stereocenters. The Morgan fingerprint density at radius 3 is 2.36 bits per heavy atom. The monoisotopic (exact) mass is 356 g/mol. The average Bonchev–Trinajstić information content (AvgIpc) is 2.86. The van der Waals surface area contributed by atoms with Crippen molar-refractivity contribution in [3.05, 3.63) is 52.6 Å². The van der Waals surface area contributed by atoms with Gasteiger partial charge in [-0.15, -0.1) is 9.24 Å². The van der Waals surface area contributed by atoms with Crippen LogP contribution in [0.15, 0.2) is 47.1 Å². The quantitative estimate of drug-likeness (QED) is 0.613. The number of rotatable bonds is 3. The van der Waals surface area contributed by atoms with Gasteiger partial charge >= 0.3 is 0 Å². The highest BCUT2D eigenvalue weighted by molar-refractivity contribution is 7.27. The smallest absolute Gasteiger partial charge is 0.143 e. The van der Waals surface area contributed by atoms with Gasteiger partial charge in [0.05, 0.1) is 5.41 Å². The van der Waals surface area contributed by atoms with E-state index >= 15 is 0 Å². The van der Waals surface area contributed by atoms with Crippen molar-refractivity contribution >= 4 is 20.3 Å². The van der Waals surface area contributed by atoms with Gasteiger partial charge in [-0.1, -0.05) is 72.9 Å². The molecule has 3 rings (SSSR count). The van der Waals surface area contributed by atoms with E-state index in [0.717, 1.165) is 31.6 Å². The third-order valence-corrected chi connectivity index (χ3v) is 6.21. The normalized spacial score (nSPS) is 23.6. The predicted octanol–water partition coefficient (Wildman–Crippen LogP) is 5.93. The van der Waals surface area contributed by atoms with Crippen molar-refractivity contribution < 1.29 is 4.79 Å². The van der Waals surface area contributed by atoms with Gasteiger partial charge in [-0.2, -0.15) is 0 Å². The second-order valence-electron chi connectivity index (χ2n) is 8.02. The van der Waals surface area contributed by atoms with Gasteiger partial charge in [0.2, 0.25) is 0 Å². The predicted molar refractivity (Wildman–Crippen MR) is 112 cm³/mol. The molecule has 1 saturated carbocycles. The molecule has 0 bridgehead atoms. The molecule has 2 aliphatic rings. The maximum absolute atomic E-state index is 12.1. The van der Waals surface area contributed by atoms with E-state index in [1.54, 1.807) is 0 Å². The lowest BCUT2D eigenvalue weighted by atomic mass is 9.71. The number of Topliss-reactive ketones (excluding diaryl/α,β-unsaturated/α-hetero) is 1. The fourth-order valence-corrected chi connectivity index (χ4v) is 3.91. The van der Waals surface area contributed by atoms with Crippen LogP contribution in [0.4, 0.5) is 0 Å². The summed E-state index contributed by atoms with van der Waals surface area (Å²) < 4.78 is 0. The Bertz CT molecular complexity index is 660. The molecule has 1 aromatic rings. The van der Waals surface area contributed by atoms with E-state index in [0.29, 0.717) is 5.78 Å². The van der Waals surface area contributed by atoms with E-state index < -0.39 is 0 Å². The molecule has 2 heteroatoms. The van der Waals surface area contributed by atoms with Gasteiger partial charge in [-0.25, -0.2) is 0 Å². The van der Waals surface area contributed by atoms with Crippen LogP contribution in [0.1, 0.15) is 65.4 Å². The Balaban J connectivity index is 0.000000236. The zero-order valence-electron chi connectivity index (χ0n) is 16.5. The van der Waals surface area contributed by atoms with Crippen molar-refractivity contribution in [1.29, 1.82) is 0 Å². The van der Waals surface area contributed by atoms with Gasteiger partial charge in [0.1, 0.15) is 5.78 Å². The first kappa shape index (κ1) is 20.1. The van der Waals surface area contributed by atoms with Gasteiger partial charge < -0.3 is 0 Å². The molecule has 0 saturated heterocycles. The first-order valence-electron chi connectivity index (χ1n) is 9.51. The lowest BCUT2D eigenvalue weighted by molar-refractivity contribution is -0.124. The van der Waals surface area contributed by atoms with Crippen LogP contribution in [-0.2, 0) is 4.79 Å². The van der Waals surface area contributed by atoms with Crippen LogP contribution in [-0.4, -0.2) is 5.78 Å². The Labute approximate surface area is 156 Å². The molecule has 0 N–H and O–H groups in total. The number of ketones is 1. The number of hydrogen-bond acceptors (Lipinski definition) is 1.